The summed E-state index contributed by atoms with van der Waals surface area (Å²) in [5.74, 6) is -0.871. The van der Waals surface area contributed by atoms with Crippen LogP contribution in [0.4, 0.5) is 11.4 Å². The number of esters is 1. The predicted octanol–water partition coefficient (Wildman–Crippen LogP) is 3.58. The lowest BCUT2D eigenvalue weighted by Crippen LogP contribution is -2.28. The standard InChI is InChI=1S/C20H13BrN4O5/c1-30-20(27)17-18(22)12-3-2-10(21)8-16(12)24(19(17)26)14-4-5-15(25(28)29)13-9-23-7-6-11(13)14/h2-9H,22H2,1H3. The molecule has 0 saturated carbocycles. The molecule has 10 heteroatoms. The van der Waals surface area contributed by atoms with Crippen molar-refractivity contribution < 1.29 is 14.5 Å². The molecule has 2 heterocycles. The molecule has 0 saturated heterocycles. The lowest BCUT2D eigenvalue weighted by molar-refractivity contribution is -0.383. The highest BCUT2D eigenvalue weighted by atomic mass is 79.9. The number of non-ortho nitro benzene ring substituents is 1. The van der Waals surface area contributed by atoms with Crippen molar-refractivity contribution in [1.82, 2.24) is 9.55 Å². The third-order valence-electron chi connectivity index (χ3n) is 4.78. The van der Waals surface area contributed by atoms with Crippen LogP contribution in [0.25, 0.3) is 27.4 Å². The molecule has 30 heavy (non-hydrogen) atoms. The molecule has 4 rings (SSSR count). The van der Waals surface area contributed by atoms with Crippen LogP contribution in [0.3, 0.4) is 0 Å². The number of pyridine rings is 2. The molecule has 0 fully saturated rings. The number of methoxy groups -OCH3 is 1. The summed E-state index contributed by atoms with van der Waals surface area (Å²) in [6.45, 7) is 0. The number of rotatable bonds is 3. The van der Waals surface area contributed by atoms with Gasteiger partial charge in [-0.3, -0.25) is 24.5 Å². The highest BCUT2D eigenvalue weighted by Crippen LogP contribution is 2.33. The Bertz CT molecular complexity index is 1430. The van der Waals surface area contributed by atoms with Crippen LogP contribution in [0, 0.1) is 10.1 Å². The maximum absolute atomic E-state index is 13.4. The number of hydrogen-bond acceptors (Lipinski definition) is 7. The topological polar surface area (TPSA) is 130 Å². The van der Waals surface area contributed by atoms with Gasteiger partial charge in [0.25, 0.3) is 11.2 Å². The number of halogens is 1. The number of benzene rings is 2. The van der Waals surface area contributed by atoms with E-state index in [0.717, 1.165) is 7.11 Å². The third kappa shape index (κ3) is 2.89. The number of ether oxygens (including phenoxy) is 1. The Morgan fingerprint density at radius 3 is 2.67 bits per heavy atom. The van der Waals surface area contributed by atoms with Crippen LogP contribution in [0.15, 0.2) is 58.1 Å². The highest BCUT2D eigenvalue weighted by Gasteiger charge is 2.24. The number of hydrogen-bond donors (Lipinski definition) is 1. The minimum atomic E-state index is -0.871. The molecular formula is C20H13BrN4O5. The van der Waals surface area contributed by atoms with E-state index in [4.69, 9.17) is 10.5 Å². The lowest BCUT2D eigenvalue weighted by Gasteiger charge is -2.17. The monoisotopic (exact) mass is 468 g/mol. The molecule has 2 N–H and O–H groups in total. The maximum Gasteiger partial charge on any atom is 0.345 e. The van der Waals surface area contributed by atoms with Gasteiger partial charge in [0.1, 0.15) is 5.56 Å². The predicted molar refractivity (Wildman–Crippen MR) is 115 cm³/mol. The zero-order valence-corrected chi connectivity index (χ0v) is 17.0. The van der Waals surface area contributed by atoms with Crippen molar-refractivity contribution in [1.29, 1.82) is 0 Å². The Morgan fingerprint density at radius 1 is 1.20 bits per heavy atom. The molecule has 2 aromatic heterocycles. The number of anilines is 1. The summed E-state index contributed by atoms with van der Waals surface area (Å²) in [5.41, 5.74) is 5.75. The van der Waals surface area contributed by atoms with Crippen molar-refractivity contribution in [3.63, 3.8) is 0 Å². The fourth-order valence-corrected chi connectivity index (χ4v) is 3.79. The maximum atomic E-state index is 13.4. The Hall–Kier alpha value is -3.79. The number of nitro benzene ring substituents is 1. The first-order valence-corrected chi connectivity index (χ1v) is 9.38. The summed E-state index contributed by atoms with van der Waals surface area (Å²) in [6.07, 6.45) is 2.83. The Labute approximate surface area is 177 Å². The number of carbonyl (C=O) groups is 1. The number of nitrogens with zero attached hydrogens (tertiary/aromatic N) is 3. The molecule has 150 valence electrons. The fourth-order valence-electron chi connectivity index (χ4n) is 3.44. The number of nitrogens with two attached hydrogens (primary N) is 1. The van der Waals surface area contributed by atoms with Crippen molar-refractivity contribution in [2.75, 3.05) is 12.8 Å². The number of carbonyl (C=O) groups excluding carboxylic acids is 1. The zero-order valence-electron chi connectivity index (χ0n) is 15.5. The summed E-state index contributed by atoms with van der Waals surface area (Å²) >= 11 is 3.38. The molecule has 0 radical (unpaired) electrons. The molecule has 0 spiro atoms. The lowest BCUT2D eigenvalue weighted by atomic mass is 10.1. The molecule has 0 unspecified atom stereocenters. The van der Waals surface area contributed by atoms with E-state index in [-0.39, 0.29) is 22.3 Å². The highest BCUT2D eigenvalue weighted by molar-refractivity contribution is 9.10. The van der Waals surface area contributed by atoms with Gasteiger partial charge in [-0.1, -0.05) is 15.9 Å². The van der Waals surface area contributed by atoms with Crippen LogP contribution < -0.4 is 11.3 Å². The van der Waals surface area contributed by atoms with E-state index in [1.807, 2.05) is 0 Å². The summed E-state index contributed by atoms with van der Waals surface area (Å²) in [4.78, 5) is 40.6. The first-order valence-electron chi connectivity index (χ1n) is 8.58. The van der Waals surface area contributed by atoms with Gasteiger partial charge in [-0.25, -0.2) is 4.79 Å². The smallest absolute Gasteiger partial charge is 0.345 e. The second-order valence-corrected chi connectivity index (χ2v) is 7.28. The van der Waals surface area contributed by atoms with E-state index in [0.29, 0.717) is 26.4 Å². The SMILES string of the molecule is COC(=O)c1c(N)c2ccc(Br)cc2n(-c2ccc([N+](=O)[O-])c3cnccc23)c1=O. The largest absolute Gasteiger partial charge is 0.465 e. The van der Waals surface area contributed by atoms with Crippen molar-refractivity contribution >= 4 is 54.9 Å². The molecular weight excluding hydrogens is 456 g/mol. The molecule has 0 aliphatic heterocycles. The normalized spacial score (nSPS) is 11.0. The van der Waals surface area contributed by atoms with Crippen LogP contribution in [-0.2, 0) is 4.74 Å². The van der Waals surface area contributed by atoms with Crippen LogP contribution in [0.5, 0.6) is 0 Å². The minimum Gasteiger partial charge on any atom is -0.465 e. The van der Waals surface area contributed by atoms with Gasteiger partial charge < -0.3 is 10.5 Å². The number of aromatic nitrogens is 2. The van der Waals surface area contributed by atoms with Gasteiger partial charge in [-0.2, -0.15) is 0 Å². The Kier molecular flexibility index (Phi) is 4.70. The molecule has 9 nitrogen and oxygen atoms in total. The third-order valence-corrected chi connectivity index (χ3v) is 5.27. The van der Waals surface area contributed by atoms with E-state index in [9.17, 15) is 19.7 Å². The van der Waals surface area contributed by atoms with Gasteiger partial charge in [0.2, 0.25) is 0 Å². The minimum absolute atomic E-state index is 0.00140. The second-order valence-electron chi connectivity index (χ2n) is 6.36. The van der Waals surface area contributed by atoms with E-state index >= 15 is 0 Å². The number of fused-ring (bicyclic) bond motifs is 2. The van der Waals surface area contributed by atoms with Gasteiger partial charge >= 0.3 is 5.97 Å². The van der Waals surface area contributed by atoms with Crippen molar-refractivity contribution in [2.45, 2.75) is 0 Å². The van der Waals surface area contributed by atoms with Crippen LogP contribution in [0.2, 0.25) is 0 Å². The van der Waals surface area contributed by atoms with Crippen LogP contribution >= 0.6 is 15.9 Å². The van der Waals surface area contributed by atoms with Crippen LogP contribution in [0.1, 0.15) is 10.4 Å². The Morgan fingerprint density at radius 2 is 1.97 bits per heavy atom. The van der Waals surface area contributed by atoms with E-state index in [2.05, 4.69) is 20.9 Å². The van der Waals surface area contributed by atoms with E-state index in [1.54, 1.807) is 24.3 Å². The molecule has 0 aliphatic rings. The average Bonchev–Trinajstić information content (AvgIpc) is 2.73. The van der Waals surface area contributed by atoms with E-state index < -0.39 is 16.5 Å². The fraction of sp³-hybridized carbons (Fsp3) is 0.0500. The molecule has 0 amide bonds. The van der Waals surface area contributed by atoms with Crippen molar-refractivity contribution in [3.8, 4) is 5.69 Å². The second kappa shape index (κ2) is 7.23. The van der Waals surface area contributed by atoms with Gasteiger partial charge in [0.05, 0.1) is 34.3 Å². The van der Waals surface area contributed by atoms with Crippen molar-refractivity contribution in [2.24, 2.45) is 0 Å². The van der Waals surface area contributed by atoms with Crippen molar-refractivity contribution in [3.05, 3.63) is 79.3 Å². The summed E-state index contributed by atoms with van der Waals surface area (Å²) in [7, 11) is 1.16. The molecule has 0 bridgehead atoms. The first kappa shape index (κ1) is 19.5. The molecule has 2 aromatic carbocycles. The summed E-state index contributed by atoms with van der Waals surface area (Å²) in [6, 6.07) is 9.41. The number of nitro groups is 1. The average molecular weight is 469 g/mol. The summed E-state index contributed by atoms with van der Waals surface area (Å²) in [5, 5.41) is 12.6. The quantitative estimate of drug-likeness (QED) is 0.276. The molecule has 0 atom stereocenters. The van der Waals surface area contributed by atoms with Gasteiger partial charge in [-0.05, 0) is 30.3 Å². The van der Waals surface area contributed by atoms with Crippen LogP contribution in [-0.4, -0.2) is 27.6 Å². The van der Waals surface area contributed by atoms with Gasteiger partial charge in [-0.15, -0.1) is 0 Å². The van der Waals surface area contributed by atoms with Gasteiger partial charge in [0, 0.05) is 33.7 Å². The Balaban J connectivity index is 2.24. The van der Waals surface area contributed by atoms with Gasteiger partial charge in [0.15, 0.2) is 0 Å². The molecule has 0 aliphatic carbocycles. The zero-order chi connectivity index (χ0) is 21.6. The first-order chi connectivity index (χ1) is 14.3. The molecule has 4 aromatic rings. The summed E-state index contributed by atoms with van der Waals surface area (Å²) < 4.78 is 6.74. The number of nitrogen functional groups attached to an aromatic ring is 1. The van der Waals surface area contributed by atoms with E-state index in [1.165, 1.54) is 29.1 Å².